The number of piperazine rings is 1. The van der Waals surface area contributed by atoms with Gasteiger partial charge in [-0.2, -0.15) is 13.2 Å². The summed E-state index contributed by atoms with van der Waals surface area (Å²) in [6.45, 7) is 1.50. The lowest BCUT2D eigenvalue weighted by atomic mass is 10.2. The number of hydrogen-bond acceptors (Lipinski definition) is 6. The number of halogens is 4. The molecule has 0 atom stereocenters. The van der Waals surface area contributed by atoms with Gasteiger partial charge >= 0.3 is 12.1 Å². The van der Waals surface area contributed by atoms with E-state index in [4.69, 9.17) is 0 Å². The molecule has 35 heavy (non-hydrogen) atoms. The molecule has 0 saturated carbocycles. The van der Waals surface area contributed by atoms with Crippen LogP contribution in [0.1, 0.15) is 18.4 Å². The normalized spacial score (nSPS) is 14.5. The molecule has 190 valence electrons. The third kappa shape index (κ3) is 6.88. The molecule has 0 aromatic heterocycles. The minimum Gasteiger partial charge on any atom is -0.469 e. The first kappa shape index (κ1) is 26.8. The fourth-order valence-corrected chi connectivity index (χ4v) is 5.05. The molecular weight excluding hydrogens is 555 g/mol. The summed E-state index contributed by atoms with van der Waals surface area (Å²) >= 11 is 3.29. The van der Waals surface area contributed by atoms with Crippen LogP contribution < -0.4 is 9.62 Å². The molecule has 0 spiro atoms. The van der Waals surface area contributed by atoms with Gasteiger partial charge in [0.25, 0.3) is 10.0 Å². The van der Waals surface area contributed by atoms with E-state index in [2.05, 4.69) is 25.4 Å². The molecule has 1 aliphatic rings. The van der Waals surface area contributed by atoms with Gasteiger partial charge in [0.15, 0.2) is 0 Å². The number of carbonyl (C=O) groups is 2. The Morgan fingerprint density at radius 1 is 1.06 bits per heavy atom. The molecule has 0 aliphatic carbocycles. The second kappa shape index (κ2) is 10.9. The van der Waals surface area contributed by atoms with Gasteiger partial charge in [-0.15, -0.1) is 0 Å². The van der Waals surface area contributed by atoms with Crippen LogP contribution in [-0.4, -0.2) is 58.5 Å². The average Bonchev–Trinajstić information content (AvgIpc) is 2.82. The van der Waals surface area contributed by atoms with E-state index in [9.17, 15) is 31.2 Å². The Kier molecular flexibility index (Phi) is 8.31. The SMILES string of the molecule is COC(=O)CCC(=O)N1CCN(c2ccc(Br)cc2NS(=O)(=O)c2cccc(C(F)(F)F)c2)CC1. The third-order valence-electron chi connectivity index (χ3n) is 5.42. The van der Waals surface area contributed by atoms with Gasteiger partial charge in [0, 0.05) is 37.1 Å². The summed E-state index contributed by atoms with van der Waals surface area (Å²) in [5, 5.41) is 0. The number of esters is 1. The number of sulfonamides is 1. The van der Waals surface area contributed by atoms with E-state index in [0.717, 1.165) is 18.2 Å². The van der Waals surface area contributed by atoms with Crippen LogP contribution >= 0.6 is 15.9 Å². The maximum Gasteiger partial charge on any atom is 0.416 e. The van der Waals surface area contributed by atoms with E-state index in [1.807, 2.05) is 4.90 Å². The summed E-state index contributed by atoms with van der Waals surface area (Å²) in [4.78, 5) is 26.6. The van der Waals surface area contributed by atoms with E-state index >= 15 is 0 Å². The van der Waals surface area contributed by atoms with Crippen LogP contribution in [0.15, 0.2) is 51.8 Å². The predicted octanol–water partition coefficient (Wildman–Crippen LogP) is 3.87. The van der Waals surface area contributed by atoms with Crippen molar-refractivity contribution in [3.05, 3.63) is 52.5 Å². The standard InChI is InChI=1S/C22H23BrF3N3O5S/c1-34-21(31)8-7-20(30)29-11-9-28(10-12-29)19-6-5-16(23)14-18(19)27-35(32,33)17-4-2-3-15(13-17)22(24,25)26/h2-6,13-14,27H,7-12H2,1H3. The predicted molar refractivity (Wildman–Crippen MR) is 126 cm³/mol. The lowest BCUT2D eigenvalue weighted by Gasteiger charge is -2.37. The minimum atomic E-state index is -4.68. The van der Waals surface area contributed by atoms with Crippen molar-refractivity contribution in [1.29, 1.82) is 0 Å². The first-order chi connectivity index (χ1) is 16.4. The highest BCUT2D eigenvalue weighted by Gasteiger charge is 2.32. The van der Waals surface area contributed by atoms with E-state index < -0.39 is 32.6 Å². The van der Waals surface area contributed by atoms with Crippen molar-refractivity contribution >= 4 is 49.2 Å². The number of anilines is 2. The molecule has 13 heteroatoms. The Bertz CT molecular complexity index is 1200. The molecule has 2 aromatic carbocycles. The van der Waals surface area contributed by atoms with Crippen molar-refractivity contribution in [3.8, 4) is 0 Å². The van der Waals surface area contributed by atoms with E-state index in [1.165, 1.54) is 13.2 Å². The van der Waals surface area contributed by atoms with Gasteiger partial charge in [-0.25, -0.2) is 8.42 Å². The van der Waals surface area contributed by atoms with E-state index in [1.54, 1.807) is 17.0 Å². The number of benzene rings is 2. The molecule has 1 aliphatic heterocycles. The number of ether oxygens (including phenoxy) is 1. The molecule has 1 N–H and O–H groups in total. The molecular formula is C22H23BrF3N3O5S. The van der Waals surface area contributed by atoms with Crippen LogP contribution in [0.2, 0.25) is 0 Å². The fourth-order valence-electron chi connectivity index (χ4n) is 3.57. The van der Waals surface area contributed by atoms with Crippen LogP contribution in [0.4, 0.5) is 24.5 Å². The number of alkyl halides is 3. The molecule has 2 aromatic rings. The number of methoxy groups -OCH3 is 1. The molecule has 8 nitrogen and oxygen atoms in total. The minimum absolute atomic E-state index is 0.0102. The zero-order chi connectivity index (χ0) is 25.8. The van der Waals surface area contributed by atoms with Crippen LogP contribution in [-0.2, 0) is 30.5 Å². The molecule has 1 heterocycles. The number of carbonyl (C=O) groups excluding carboxylic acids is 2. The molecule has 1 saturated heterocycles. The Balaban J connectivity index is 1.76. The highest BCUT2D eigenvalue weighted by molar-refractivity contribution is 9.10. The number of nitrogens with one attached hydrogen (secondary N) is 1. The maximum atomic E-state index is 13.1. The van der Waals surface area contributed by atoms with Gasteiger partial charge in [0.05, 0.1) is 35.4 Å². The summed E-state index contributed by atoms with van der Waals surface area (Å²) in [5.41, 5.74) is -0.365. The number of hydrogen-bond donors (Lipinski definition) is 1. The Hall–Kier alpha value is -2.80. The topological polar surface area (TPSA) is 96.0 Å². The lowest BCUT2D eigenvalue weighted by Crippen LogP contribution is -2.49. The number of rotatable bonds is 7. The Labute approximate surface area is 209 Å². The largest absolute Gasteiger partial charge is 0.469 e. The second-order valence-corrected chi connectivity index (χ2v) is 10.3. The van der Waals surface area contributed by atoms with Crippen molar-refractivity contribution in [2.75, 3.05) is 42.9 Å². The number of amides is 1. The van der Waals surface area contributed by atoms with Crippen molar-refractivity contribution < 1.29 is 35.9 Å². The lowest BCUT2D eigenvalue weighted by molar-refractivity contribution is -0.143. The molecule has 1 fully saturated rings. The molecule has 0 bridgehead atoms. The number of nitrogens with zero attached hydrogens (tertiary/aromatic N) is 2. The third-order valence-corrected chi connectivity index (χ3v) is 7.27. The smallest absolute Gasteiger partial charge is 0.416 e. The molecule has 1 amide bonds. The van der Waals surface area contributed by atoms with Crippen molar-refractivity contribution in [2.24, 2.45) is 0 Å². The van der Waals surface area contributed by atoms with Crippen LogP contribution in [0, 0.1) is 0 Å². The first-order valence-electron chi connectivity index (χ1n) is 10.5. The summed E-state index contributed by atoms with van der Waals surface area (Å²) in [6.07, 6.45) is -4.66. The fraction of sp³-hybridized carbons (Fsp3) is 0.364. The average molecular weight is 578 g/mol. The highest BCUT2D eigenvalue weighted by atomic mass is 79.9. The van der Waals surface area contributed by atoms with Gasteiger partial charge in [-0.05, 0) is 36.4 Å². The van der Waals surface area contributed by atoms with Crippen LogP contribution in [0.5, 0.6) is 0 Å². The van der Waals surface area contributed by atoms with Gasteiger partial charge < -0.3 is 14.5 Å². The zero-order valence-electron chi connectivity index (χ0n) is 18.6. The van der Waals surface area contributed by atoms with Gasteiger partial charge in [-0.3, -0.25) is 14.3 Å². The quantitative estimate of drug-likeness (QED) is 0.502. The maximum absolute atomic E-state index is 13.1. The molecule has 0 unspecified atom stereocenters. The Morgan fingerprint density at radius 2 is 1.74 bits per heavy atom. The molecule has 0 radical (unpaired) electrons. The second-order valence-electron chi connectivity index (χ2n) is 7.74. The summed E-state index contributed by atoms with van der Waals surface area (Å²) in [6, 6.07) is 8.43. The van der Waals surface area contributed by atoms with Crippen LogP contribution in [0.25, 0.3) is 0 Å². The van der Waals surface area contributed by atoms with E-state index in [0.29, 0.717) is 42.4 Å². The monoisotopic (exact) mass is 577 g/mol. The van der Waals surface area contributed by atoms with Crippen molar-refractivity contribution in [2.45, 2.75) is 23.9 Å². The summed E-state index contributed by atoms with van der Waals surface area (Å²) in [7, 11) is -3.07. The summed E-state index contributed by atoms with van der Waals surface area (Å²) < 4.78 is 72.5. The van der Waals surface area contributed by atoms with Crippen molar-refractivity contribution in [3.63, 3.8) is 0 Å². The molecule has 3 rings (SSSR count). The Morgan fingerprint density at radius 3 is 2.37 bits per heavy atom. The van der Waals surface area contributed by atoms with Crippen molar-refractivity contribution in [1.82, 2.24) is 4.90 Å². The highest BCUT2D eigenvalue weighted by Crippen LogP contribution is 2.34. The van der Waals surface area contributed by atoms with Crippen LogP contribution in [0.3, 0.4) is 0 Å². The first-order valence-corrected chi connectivity index (χ1v) is 12.8. The van der Waals surface area contributed by atoms with E-state index in [-0.39, 0.29) is 24.4 Å². The van der Waals surface area contributed by atoms with Gasteiger partial charge in [0.2, 0.25) is 5.91 Å². The van der Waals surface area contributed by atoms with Gasteiger partial charge in [-0.1, -0.05) is 22.0 Å². The zero-order valence-corrected chi connectivity index (χ0v) is 21.0. The van der Waals surface area contributed by atoms with Gasteiger partial charge in [0.1, 0.15) is 0 Å². The summed E-state index contributed by atoms with van der Waals surface area (Å²) in [5.74, 6) is -0.652.